The Morgan fingerprint density at radius 1 is 0.929 bits per heavy atom. The zero-order chi connectivity index (χ0) is 19.9. The van der Waals surface area contributed by atoms with E-state index in [1.165, 1.54) is 10.9 Å². The van der Waals surface area contributed by atoms with Crippen LogP contribution in [0.3, 0.4) is 0 Å². The Bertz CT molecular complexity index is 870. The van der Waals surface area contributed by atoms with Gasteiger partial charge in [-0.1, -0.05) is 60.7 Å². The first-order valence-corrected chi connectivity index (χ1v) is 9.24. The van der Waals surface area contributed by atoms with Gasteiger partial charge in [0, 0.05) is 7.05 Å². The molecule has 0 bridgehead atoms. The number of benzene rings is 2. The molecule has 28 heavy (non-hydrogen) atoms. The van der Waals surface area contributed by atoms with E-state index in [1.54, 1.807) is 7.05 Å². The molecular formula is C20H18BrN3O4. The lowest BCUT2D eigenvalue weighted by Crippen LogP contribution is -2.39. The van der Waals surface area contributed by atoms with Crippen LogP contribution in [0.15, 0.2) is 71.3 Å². The van der Waals surface area contributed by atoms with E-state index in [-0.39, 0.29) is 19.0 Å². The summed E-state index contributed by atoms with van der Waals surface area (Å²) in [5, 5.41) is 4.05. The molecule has 7 nitrogen and oxygen atoms in total. The molecule has 0 aliphatic rings. The Kier molecular flexibility index (Phi) is 6.44. The van der Waals surface area contributed by atoms with Crippen molar-refractivity contribution < 1.29 is 19.1 Å². The van der Waals surface area contributed by atoms with Gasteiger partial charge in [0.2, 0.25) is 0 Å². The lowest BCUT2D eigenvalue weighted by atomic mass is 10.2. The first-order chi connectivity index (χ1) is 13.6. The average molecular weight is 444 g/mol. The molecule has 2 aromatic carbocycles. The number of rotatable bonds is 5. The largest absolute Gasteiger partial charge is 0.444 e. The van der Waals surface area contributed by atoms with Crippen molar-refractivity contribution in [2.45, 2.75) is 13.2 Å². The van der Waals surface area contributed by atoms with Crippen molar-refractivity contribution in [2.24, 2.45) is 7.05 Å². The molecule has 144 valence electrons. The molecule has 2 amide bonds. The third kappa shape index (κ3) is 4.77. The summed E-state index contributed by atoms with van der Waals surface area (Å²) in [5.74, 6) is 0.219. The molecule has 1 aromatic heterocycles. The van der Waals surface area contributed by atoms with Gasteiger partial charge in [-0.25, -0.2) is 9.59 Å². The van der Waals surface area contributed by atoms with Gasteiger partial charge in [0.15, 0.2) is 5.82 Å². The molecule has 0 saturated carbocycles. The second-order valence-corrected chi connectivity index (χ2v) is 6.71. The van der Waals surface area contributed by atoms with E-state index in [0.29, 0.717) is 4.47 Å². The highest BCUT2D eigenvalue weighted by atomic mass is 79.9. The van der Waals surface area contributed by atoms with Gasteiger partial charge in [-0.05, 0) is 27.1 Å². The van der Waals surface area contributed by atoms with Crippen molar-refractivity contribution in [3.63, 3.8) is 0 Å². The number of carbonyl (C=O) groups excluding carboxylic acids is 2. The number of ether oxygens (including phenoxy) is 2. The first-order valence-electron chi connectivity index (χ1n) is 8.45. The maximum atomic E-state index is 12.7. The van der Waals surface area contributed by atoms with Crippen LogP contribution >= 0.6 is 15.9 Å². The lowest BCUT2D eigenvalue weighted by molar-refractivity contribution is 0.127. The van der Waals surface area contributed by atoms with Crippen molar-refractivity contribution in [3.8, 4) is 0 Å². The fourth-order valence-corrected chi connectivity index (χ4v) is 3.00. The van der Waals surface area contributed by atoms with Crippen LogP contribution in [0.25, 0.3) is 0 Å². The maximum absolute atomic E-state index is 12.7. The predicted octanol–water partition coefficient (Wildman–Crippen LogP) is 4.66. The number of amides is 2. The Balaban J connectivity index is 1.76. The fraction of sp³-hybridized carbons (Fsp3) is 0.150. The number of anilines is 1. The van der Waals surface area contributed by atoms with Crippen LogP contribution in [0.1, 0.15) is 11.1 Å². The molecule has 3 rings (SSSR count). The lowest BCUT2D eigenvalue weighted by Gasteiger charge is -2.20. The number of hydrogen-bond donors (Lipinski definition) is 0. The standard InChI is InChI=1S/C20H18BrN3O4/c1-23-18(17(21)12-22-23)24(19(25)27-13-15-8-4-2-5-9-15)20(26)28-14-16-10-6-3-7-11-16/h2-12H,13-14H2,1H3. The van der Waals surface area contributed by atoms with Crippen molar-refractivity contribution in [1.29, 1.82) is 0 Å². The highest BCUT2D eigenvalue weighted by Gasteiger charge is 2.31. The minimum Gasteiger partial charge on any atom is -0.444 e. The Hall–Kier alpha value is -3.13. The number of aromatic nitrogens is 2. The second-order valence-electron chi connectivity index (χ2n) is 5.86. The van der Waals surface area contributed by atoms with Gasteiger partial charge in [0.1, 0.15) is 13.2 Å². The van der Waals surface area contributed by atoms with Crippen molar-refractivity contribution in [1.82, 2.24) is 9.78 Å². The average Bonchev–Trinajstić information content (AvgIpc) is 3.05. The summed E-state index contributed by atoms with van der Waals surface area (Å²) in [5.41, 5.74) is 1.61. The molecule has 0 saturated heterocycles. The highest BCUT2D eigenvalue weighted by Crippen LogP contribution is 2.27. The van der Waals surface area contributed by atoms with Crippen LogP contribution in [0.2, 0.25) is 0 Å². The number of imide groups is 1. The van der Waals surface area contributed by atoms with E-state index in [2.05, 4.69) is 21.0 Å². The molecule has 0 atom stereocenters. The zero-order valence-corrected chi connectivity index (χ0v) is 16.7. The summed E-state index contributed by atoms with van der Waals surface area (Å²) in [6, 6.07) is 18.4. The van der Waals surface area contributed by atoms with E-state index in [1.807, 2.05) is 60.7 Å². The van der Waals surface area contributed by atoms with Crippen LogP contribution in [-0.4, -0.2) is 22.0 Å². The minimum atomic E-state index is -0.855. The summed E-state index contributed by atoms with van der Waals surface area (Å²) in [4.78, 5) is 26.2. The van der Waals surface area contributed by atoms with E-state index in [9.17, 15) is 9.59 Å². The van der Waals surface area contributed by atoms with E-state index in [4.69, 9.17) is 9.47 Å². The quantitative estimate of drug-likeness (QED) is 0.572. The molecule has 0 aliphatic carbocycles. The zero-order valence-electron chi connectivity index (χ0n) is 15.1. The Morgan fingerprint density at radius 3 is 1.79 bits per heavy atom. The van der Waals surface area contributed by atoms with Crippen molar-refractivity contribution in [3.05, 3.63) is 82.5 Å². The van der Waals surface area contributed by atoms with Crippen LogP contribution in [-0.2, 0) is 29.7 Å². The number of hydrogen-bond acceptors (Lipinski definition) is 5. The third-order valence-electron chi connectivity index (χ3n) is 3.85. The molecular weight excluding hydrogens is 426 g/mol. The van der Waals surface area contributed by atoms with Crippen LogP contribution in [0.5, 0.6) is 0 Å². The van der Waals surface area contributed by atoms with Gasteiger partial charge in [-0.15, -0.1) is 0 Å². The Labute approximate surface area is 170 Å². The second kappa shape index (κ2) is 9.18. The topological polar surface area (TPSA) is 73.7 Å². The summed E-state index contributed by atoms with van der Waals surface area (Å²) >= 11 is 3.31. The number of halogens is 1. The van der Waals surface area contributed by atoms with Crippen LogP contribution in [0, 0.1) is 0 Å². The van der Waals surface area contributed by atoms with Gasteiger partial charge >= 0.3 is 12.2 Å². The molecule has 0 fully saturated rings. The summed E-state index contributed by atoms with van der Waals surface area (Å²) < 4.78 is 12.5. The molecule has 0 N–H and O–H groups in total. The van der Waals surface area contributed by atoms with Gasteiger partial charge in [-0.3, -0.25) is 4.68 Å². The number of carbonyl (C=O) groups is 2. The molecule has 8 heteroatoms. The van der Waals surface area contributed by atoms with Crippen LogP contribution < -0.4 is 4.90 Å². The van der Waals surface area contributed by atoms with Crippen molar-refractivity contribution >= 4 is 33.9 Å². The number of nitrogens with zero attached hydrogens (tertiary/aromatic N) is 3. The molecule has 1 heterocycles. The third-order valence-corrected chi connectivity index (χ3v) is 4.41. The van der Waals surface area contributed by atoms with Gasteiger partial charge in [0.05, 0.1) is 10.7 Å². The summed E-state index contributed by atoms with van der Waals surface area (Å²) in [6.07, 6.45) is -0.227. The molecule has 0 unspecified atom stereocenters. The monoisotopic (exact) mass is 443 g/mol. The molecule has 0 radical (unpaired) electrons. The van der Waals surface area contributed by atoms with Crippen molar-refractivity contribution in [2.75, 3.05) is 4.90 Å². The van der Waals surface area contributed by atoms with E-state index in [0.717, 1.165) is 16.0 Å². The normalized spacial score (nSPS) is 10.4. The molecule has 0 aliphatic heterocycles. The molecule has 3 aromatic rings. The van der Waals surface area contributed by atoms with Gasteiger partial charge in [-0.2, -0.15) is 10.00 Å². The maximum Gasteiger partial charge on any atom is 0.425 e. The first kappa shape index (κ1) is 19.6. The van der Waals surface area contributed by atoms with Gasteiger partial charge < -0.3 is 9.47 Å². The van der Waals surface area contributed by atoms with Crippen LogP contribution in [0.4, 0.5) is 15.4 Å². The fourth-order valence-electron chi connectivity index (χ4n) is 2.47. The Morgan fingerprint density at radius 2 is 1.39 bits per heavy atom. The highest BCUT2D eigenvalue weighted by molar-refractivity contribution is 9.10. The van der Waals surface area contributed by atoms with E-state index >= 15 is 0 Å². The summed E-state index contributed by atoms with van der Waals surface area (Å²) in [6.45, 7) is 0.0508. The van der Waals surface area contributed by atoms with E-state index < -0.39 is 12.2 Å². The SMILES string of the molecule is Cn1ncc(Br)c1N(C(=O)OCc1ccccc1)C(=O)OCc1ccccc1. The minimum absolute atomic E-state index is 0.0254. The molecule has 0 spiro atoms. The van der Waals surface area contributed by atoms with Gasteiger partial charge in [0.25, 0.3) is 0 Å². The predicted molar refractivity (Wildman–Crippen MR) is 107 cm³/mol. The number of aryl methyl sites for hydroxylation is 1. The smallest absolute Gasteiger partial charge is 0.425 e. The summed E-state index contributed by atoms with van der Waals surface area (Å²) in [7, 11) is 1.61.